The van der Waals surface area contributed by atoms with E-state index in [1.165, 1.54) is 0 Å². The van der Waals surface area contributed by atoms with E-state index in [9.17, 15) is 0 Å². The van der Waals surface area contributed by atoms with Gasteiger partial charge in [-0.05, 0) is 0 Å². The quantitative estimate of drug-likeness (QED) is 0.636. The molecule has 1 rings (SSSR count). The van der Waals surface area contributed by atoms with Crippen molar-refractivity contribution in [1.29, 1.82) is 0 Å². The molecule has 1 aromatic carbocycles. The average Bonchev–Trinajstić information content (AvgIpc) is 1.69. The van der Waals surface area contributed by atoms with Crippen LogP contribution in [0.2, 0.25) is 0 Å². The van der Waals surface area contributed by atoms with Gasteiger partial charge in [0.25, 0.3) is 0 Å². The van der Waals surface area contributed by atoms with Crippen molar-refractivity contribution in [1.82, 2.24) is 0 Å². The number of halogens is 1. The molecule has 0 fully saturated rings. The minimum absolute atomic E-state index is 0. The third-order valence-electron chi connectivity index (χ3n) is 0.671. The summed E-state index contributed by atoms with van der Waals surface area (Å²) in [5, 5.41) is 0. The maximum absolute atomic E-state index is 3.26. The minimum atomic E-state index is 0. The van der Waals surface area contributed by atoms with Gasteiger partial charge in [-0.15, -0.1) is 0 Å². The van der Waals surface area contributed by atoms with Gasteiger partial charge in [-0.25, -0.2) is 0 Å². The Morgan fingerprint density at radius 2 is 2.12 bits per heavy atom. The molecular weight excluding hydrogens is 336 g/mol. The van der Waals surface area contributed by atoms with Crippen molar-refractivity contribution in [3.05, 3.63) is 34.8 Å². The standard InChI is InChI=1S/C6H4Br.W/c7-6-4-2-1-3-5-6;/h1-4H;/q-1;. The molecule has 0 radical (unpaired) electrons. The summed E-state index contributed by atoms with van der Waals surface area (Å²) in [6.45, 7) is 0. The summed E-state index contributed by atoms with van der Waals surface area (Å²) in [7, 11) is 0. The second kappa shape index (κ2) is 4.29. The third-order valence-corrected chi connectivity index (χ3v) is 1.16. The molecule has 0 aliphatic heterocycles. The fraction of sp³-hybridized carbons (Fsp3) is 0. The molecule has 0 N–H and O–H groups in total. The van der Waals surface area contributed by atoms with Crippen molar-refractivity contribution in [2.24, 2.45) is 0 Å². The van der Waals surface area contributed by atoms with Gasteiger partial charge in [0.1, 0.15) is 0 Å². The number of hydrogen-bond acceptors (Lipinski definition) is 0. The van der Waals surface area contributed by atoms with E-state index in [1.807, 2.05) is 24.3 Å². The van der Waals surface area contributed by atoms with Gasteiger partial charge < -0.3 is 0 Å². The molecule has 0 saturated carbocycles. The molecular formula is C6H4BrW-. The van der Waals surface area contributed by atoms with E-state index < -0.39 is 0 Å². The molecule has 0 bridgehead atoms. The van der Waals surface area contributed by atoms with Crippen molar-refractivity contribution >= 4 is 15.9 Å². The number of hydrogen-bond donors (Lipinski definition) is 0. The molecule has 0 heterocycles. The van der Waals surface area contributed by atoms with Gasteiger partial charge in [0, 0.05) is 21.1 Å². The SMILES string of the molecule is Brc1[c-]cccc1.[W]. The third kappa shape index (κ3) is 2.64. The molecule has 0 aromatic heterocycles. The monoisotopic (exact) mass is 339 g/mol. The summed E-state index contributed by atoms with van der Waals surface area (Å²) in [5.74, 6) is 0. The summed E-state index contributed by atoms with van der Waals surface area (Å²) in [6.07, 6.45) is 0. The molecule has 8 heavy (non-hydrogen) atoms. The van der Waals surface area contributed by atoms with Crippen molar-refractivity contribution in [3.63, 3.8) is 0 Å². The van der Waals surface area contributed by atoms with Crippen LogP contribution in [-0.2, 0) is 21.1 Å². The molecule has 0 aliphatic rings. The van der Waals surface area contributed by atoms with Crippen molar-refractivity contribution in [3.8, 4) is 0 Å². The molecule has 0 amide bonds. The first-order valence-corrected chi connectivity index (χ1v) is 2.81. The van der Waals surface area contributed by atoms with Crippen molar-refractivity contribution in [2.45, 2.75) is 0 Å². The maximum Gasteiger partial charge on any atom is 0 e. The van der Waals surface area contributed by atoms with Crippen LogP contribution in [0, 0.1) is 6.07 Å². The van der Waals surface area contributed by atoms with E-state index >= 15 is 0 Å². The van der Waals surface area contributed by atoms with Gasteiger partial charge in [0.2, 0.25) is 0 Å². The molecule has 0 unspecified atom stereocenters. The zero-order valence-electron chi connectivity index (χ0n) is 4.10. The van der Waals surface area contributed by atoms with Crippen LogP contribution in [-0.4, -0.2) is 0 Å². The smallest absolute Gasteiger partial charge is 0 e. The largest absolute Gasteiger partial charge is 0.176 e. The number of rotatable bonds is 0. The minimum Gasteiger partial charge on any atom is -0.176 e. The molecule has 0 spiro atoms. The predicted molar refractivity (Wildman–Crippen MR) is 33.0 cm³/mol. The zero-order valence-corrected chi connectivity index (χ0v) is 8.62. The second-order valence-corrected chi connectivity index (χ2v) is 2.06. The normalized spacial score (nSPS) is 7.62. The molecule has 2 heteroatoms. The first kappa shape index (κ1) is 8.39. The van der Waals surface area contributed by atoms with Crippen LogP contribution in [0.5, 0.6) is 0 Å². The fourth-order valence-corrected chi connectivity index (χ4v) is 0.656. The Morgan fingerprint density at radius 1 is 1.38 bits per heavy atom. The van der Waals surface area contributed by atoms with E-state index in [0.717, 1.165) is 4.47 Å². The molecule has 0 saturated heterocycles. The molecule has 42 valence electrons. The van der Waals surface area contributed by atoms with Gasteiger partial charge in [-0.1, -0.05) is 20.4 Å². The maximum atomic E-state index is 3.26. The summed E-state index contributed by atoms with van der Waals surface area (Å²) in [6, 6.07) is 10.7. The van der Waals surface area contributed by atoms with E-state index in [2.05, 4.69) is 22.0 Å². The molecule has 0 nitrogen and oxygen atoms in total. The van der Waals surface area contributed by atoms with E-state index in [1.54, 1.807) is 0 Å². The van der Waals surface area contributed by atoms with Crippen LogP contribution in [0.4, 0.5) is 0 Å². The van der Waals surface area contributed by atoms with Gasteiger partial charge in [-0.2, -0.15) is 30.3 Å². The summed E-state index contributed by atoms with van der Waals surface area (Å²) < 4.78 is 1.01. The van der Waals surface area contributed by atoms with Crippen LogP contribution >= 0.6 is 15.9 Å². The average molecular weight is 340 g/mol. The Hall–Kier alpha value is 0.388. The Balaban J connectivity index is 0.000000490. The Labute approximate surface area is 71.7 Å². The van der Waals surface area contributed by atoms with E-state index in [-0.39, 0.29) is 21.1 Å². The predicted octanol–water partition coefficient (Wildman–Crippen LogP) is 2.25. The van der Waals surface area contributed by atoms with Crippen LogP contribution in [0.15, 0.2) is 28.7 Å². The van der Waals surface area contributed by atoms with Crippen LogP contribution in [0.1, 0.15) is 0 Å². The Kier molecular flexibility index (Phi) is 4.49. The summed E-state index contributed by atoms with van der Waals surface area (Å²) >= 11 is 3.26. The zero-order chi connectivity index (χ0) is 5.11. The van der Waals surface area contributed by atoms with Crippen LogP contribution < -0.4 is 0 Å². The van der Waals surface area contributed by atoms with Crippen molar-refractivity contribution < 1.29 is 21.1 Å². The van der Waals surface area contributed by atoms with Gasteiger partial charge >= 0.3 is 0 Å². The second-order valence-electron chi connectivity index (χ2n) is 1.21. The van der Waals surface area contributed by atoms with Crippen LogP contribution in [0.25, 0.3) is 0 Å². The van der Waals surface area contributed by atoms with Gasteiger partial charge in [0.15, 0.2) is 0 Å². The van der Waals surface area contributed by atoms with Crippen LogP contribution in [0.3, 0.4) is 0 Å². The van der Waals surface area contributed by atoms with E-state index in [0.29, 0.717) is 0 Å². The summed E-state index contributed by atoms with van der Waals surface area (Å²) in [5.41, 5.74) is 0. The topological polar surface area (TPSA) is 0 Å². The molecule has 0 atom stereocenters. The first-order valence-electron chi connectivity index (χ1n) is 2.02. The van der Waals surface area contributed by atoms with Gasteiger partial charge in [0.05, 0.1) is 0 Å². The van der Waals surface area contributed by atoms with Gasteiger partial charge in [-0.3, -0.25) is 0 Å². The fourth-order valence-electron chi connectivity index (χ4n) is 0.371. The summed E-state index contributed by atoms with van der Waals surface area (Å²) in [4.78, 5) is 0. The van der Waals surface area contributed by atoms with E-state index in [4.69, 9.17) is 0 Å². The molecule has 0 aliphatic carbocycles. The Bertz CT molecular complexity index is 138. The van der Waals surface area contributed by atoms with Crippen molar-refractivity contribution in [2.75, 3.05) is 0 Å². The molecule has 1 aromatic rings. The first-order chi connectivity index (χ1) is 3.39. The Morgan fingerprint density at radius 3 is 2.38 bits per heavy atom. The number of benzene rings is 1.